The van der Waals surface area contributed by atoms with E-state index in [9.17, 15) is 0 Å². The van der Waals surface area contributed by atoms with Crippen LogP contribution < -0.4 is 5.73 Å². The highest BCUT2D eigenvalue weighted by Gasteiger charge is 2.05. The summed E-state index contributed by atoms with van der Waals surface area (Å²) < 4.78 is 5.01. The number of nitrogens with two attached hydrogens (primary N) is 1. The number of methoxy groups -OCH3 is 1. The molecule has 0 spiro atoms. The lowest BCUT2D eigenvalue weighted by Crippen LogP contribution is -2.16. The van der Waals surface area contributed by atoms with E-state index in [1.807, 2.05) is 0 Å². The van der Waals surface area contributed by atoms with Crippen LogP contribution in [0, 0.1) is 11.8 Å². The molecule has 2 atom stereocenters. The third kappa shape index (κ3) is 4.77. The van der Waals surface area contributed by atoms with Gasteiger partial charge in [0.05, 0.1) is 0 Å². The maximum absolute atomic E-state index is 5.48. The second-order valence-corrected chi connectivity index (χ2v) is 3.14. The van der Waals surface area contributed by atoms with Crippen molar-refractivity contribution < 1.29 is 4.74 Å². The van der Waals surface area contributed by atoms with Gasteiger partial charge >= 0.3 is 0 Å². The fraction of sp³-hybridized carbons (Fsp3) is 1.00. The minimum Gasteiger partial charge on any atom is -0.384 e. The predicted octanol–water partition coefficient (Wildman–Crippen LogP) is 1.25. The van der Waals surface area contributed by atoms with Crippen molar-refractivity contribution in [3.05, 3.63) is 0 Å². The van der Waals surface area contributed by atoms with Crippen molar-refractivity contribution in [3.8, 4) is 0 Å². The highest BCUT2D eigenvalue weighted by Crippen LogP contribution is 2.09. The maximum atomic E-state index is 5.48. The van der Waals surface area contributed by atoms with Crippen LogP contribution in [0.2, 0.25) is 0 Å². The average molecular weight is 145 g/mol. The second-order valence-electron chi connectivity index (χ2n) is 3.14. The molecule has 10 heavy (non-hydrogen) atoms. The Balaban J connectivity index is 3.27. The smallest absolute Gasteiger partial charge is 0.0487 e. The minimum atomic E-state index is 0.630. The summed E-state index contributed by atoms with van der Waals surface area (Å²) in [6, 6.07) is 0. The van der Waals surface area contributed by atoms with Crippen LogP contribution in [0.4, 0.5) is 0 Å². The predicted molar refractivity (Wildman–Crippen MR) is 43.9 cm³/mol. The normalized spacial score (nSPS) is 16.8. The average Bonchev–Trinajstić information content (AvgIpc) is 1.88. The molecule has 0 fully saturated rings. The van der Waals surface area contributed by atoms with Gasteiger partial charge in [0.1, 0.15) is 0 Å². The lowest BCUT2D eigenvalue weighted by molar-refractivity contribution is 0.148. The van der Waals surface area contributed by atoms with Gasteiger partial charge in [-0.15, -0.1) is 0 Å². The molecule has 0 aliphatic rings. The fourth-order valence-electron chi connectivity index (χ4n) is 1.14. The summed E-state index contributed by atoms with van der Waals surface area (Å²) in [5, 5.41) is 0. The van der Waals surface area contributed by atoms with Crippen molar-refractivity contribution in [2.24, 2.45) is 17.6 Å². The van der Waals surface area contributed by atoms with E-state index in [-0.39, 0.29) is 0 Å². The summed E-state index contributed by atoms with van der Waals surface area (Å²) in [6.07, 6.45) is 1.17. The molecule has 0 rings (SSSR count). The highest BCUT2D eigenvalue weighted by molar-refractivity contribution is 4.58. The summed E-state index contributed by atoms with van der Waals surface area (Å²) in [4.78, 5) is 0. The summed E-state index contributed by atoms with van der Waals surface area (Å²) in [6.45, 7) is 6.00. The van der Waals surface area contributed by atoms with Crippen LogP contribution >= 0.6 is 0 Å². The molecule has 0 aromatic carbocycles. The van der Waals surface area contributed by atoms with Crippen molar-refractivity contribution in [3.63, 3.8) is 0 Å². The lowest BCUT2D eigenvalue weighted by Gasteiger charge is -2.14. The van der Waals surface area contributed by atoms with Crippen LogP contribution in [-0.4, -0.2) is 20.3 Å². The molecule has 0 amide bonds. The summed E-state index contributed by atoms with van der Waals surface area (Å²) in [5.74, 6) is 1.27. The Labute approximate surface area is 63.7 Å². The van der Waals surface area contributed by atoms with E-state index >= 15 is 0 Å². The Hall–Kier alpha value is -0.0800. The van der Waals surface area contributed by atoms with Crippen LogP contribution in [-0.2, 0) is 4.74 Å². The third-order valence-electron chi connectivity index (χ3n) is 1.66. The van der Waals surface area contributed by atoms with Crippen molar-refractivity contribution in [1.82, 2.24) is 0 Å². The van der Waals surface area contributed by atoms with E-state index in [4.69, 9.17) is 10.5 Å². The van der Waals surface area contributed by atoms with Gasteiger partial charge in [-0.3, -0.25) is 0 Å². The molecular weight excluding hydrogens is 126 g/mol. The SMILES string of the molecule is COCC(C)CC(C)CN. The third-order valence-corrected chi connectivity index (χ3v) is 1.66. The molecule has 0 saturated heterocycles. The van der Waals surface area contributed by atoms with Crippen LogP contribution in [0.5, 0.6) is 0 Å². The topological polar surface area (TPSA) is 35.2 Å². The molecular formula is C8H19NO. The van der Waals surface area contributed by atoms with Gasteiger partial charge in [-0.1, -0.05) is 13.8 Å². The van der Waals surface area contributed by atoms with Crippen molar-refractivity contribution in [2.75, 3.05) is 20.3 Å². The van der Waals surface area contributed by atoms with E-state index in [1.54, 1.807) is 7.11 Å². The van der Waals surface area contributed by atoms with E-state index < -0.39 is 0 Å². The Morgan fingerprint density at radius 3 is 2.30 bits per heavy atom. The van der Waals surface area contributed by atoms with Gasteiger partial charge in [0.2, 0.25) is 0 Å². The molecule has 2 N–H and O–H groups in total. The molecule has 62 valence electrons. The van der Waals surface area contributed by atoms with E-state index in [2.05, 4.69) is 13.8 Å². The van der Waals surface area contributed by atoms with Gasteiger partial charge in [-0.05, 0) is 24.8 Å². The zero-order valence-corrected chi connectivity index (χ0v) is 7.26. The number of rotatable bonds is 5. The first-order chi connectivity index (χ1) is 4.70. The van der Waals surface area contributed by atoms with Crippen LogP contribution in [0.1, 0.15) is 20.3 Å². The first-order valence-corrected chi connectivity index (χ1v) is 3.89. The van der Waals surface area contributed by atoms with E-state index in [0.717, 1.165) is 13.2 Å². The van der Waals surface area contributed by atoms with Gasteiger partial charge in [0, 0.05) is 13.7 Å². The largest absolute Gasteiger partial charge is 0.384 e. The molecule has 0 aliphatic carbocycles. The maximum Gasteiger partial charge on any atom is 0.0487 e. The molecule has 0 saturated carbocycles. The molecule has 0 aliphatic heterocycles. The lowest BCUT2D eigenvalue weighted by atomic mass is 9.98. The Morgan fingerprint density at radius 2 is 1.90 bits per heavy atom. The summed E-state index contributed by atoms with van der Waals surface area (Å²) in [7, 11) is 1.74. The van der Waals surface area contributed by atoms with Crippen LogP contribution in [0.15, 0.2) is 0 Å². The minimum absolute atomic E-state index is 0.630. The first-order valence-electron chi connectivity index (χ1n) is 3.89. The van der Waals surface area contributed by atoms with E-state index in [0.29, 0.717) is 11.8 Å². The molecule has 0 radical (unpaired) electrons. The Morgan fingerprint density at radius 1 is 1.30 bits per heavy atom. The molecule has 0 aromatic heterocycles. The van der Waals surface area contributed by atoms with Gasteiger partial charge in [0.25, 0.3) is 0 Å². The van der Waals surface area contributed by atoms with Crippen molar-refractivity contribution in [2.45, 2.75) is 20.3 Å². The fourth-order valence-corrected chi connectivity index (χ4v) is 1.14. The van der Waals surface area contributed by atoms with E-state index in [1.165, 1.54) is 6.42 Å². The summed E-state index contributed by atoms with van der Waals surface area (Å²) >= 11 is 0. The monoisotopic (exact) mass is 145 g/mol. The molecule has 0 aromatic rings. The standard InChI is InChI=1S/C8H19NO/c1-7(5-9)4-8(2)6-10-3/h7-8H,4-6,9H2,1-3H3. The van der Waals surface area contributed by atoms with Crippen LogP contribution in [0.25, 0.3) is 0 Å². The first kappa shape index (κ1) is 9.92. The molecule has 2 nitrogen and oxygen atoms in total. The van der Waals surface area contributed by atoms with Crippen LogP contribution in [0.3, 0.4) is 0 Å². The Bertz CT molecular complexity index is 75.7. The zero-order chi connectivity index (χ0) is 7.98. The zero-order valence-electron chi connectivity index (χ0n) is 7.26. The van der Waals surface area contributed by atoms with Crippen molar-refractivity contribution in [1.29, 1.82) is 0 Å². The molecule has 2 unspecified atom stereocenters. The number of ether oxygens (including phenoxy) is 1. The molecule has 0 bridgehead atoms. The number of hydrogen-bond donors (Lipinski definition) is 1. The molecule has 2 heteroatoms. The van der Waals surface area contributed by atoms with Gasteiger partial charge < -0.3 is 10.5 Å². The quantitative estimate of drug-likeness (QED) is 0.632. The van der Waals surface area contributed by atoms with Gasteiger partial charge in [-0.25, -0.2) is 0 Å². The Kier molecular flexibility index (Phi) is 5.64. The second kappa shape index (κ2) is 5.69. The molecule has 0 heterocycles. The summed E-state index contributed by atoms with van der Waals surface area (Å²) in [5.41, 5.74) is 5.48. The van der Waals surface area contributed by atoms with Gasteiger partial charge in [-0.2, -0.15) is 0 Å². The van der Waals surface area contributed by atoms with Crippen molar-refractivity contribution >= 4 is 0 Å². The highest BCUT2D eigenvalue weighted by atomic mass is 16.5. The van der Waals surface area contributed by atoms with Gasteiger partial charge in [0.15, 0.2) is 0 Å². The number of hydrogen-bond acceptors (Lipinski definition) is 2.